The van der Waals surface area contributed by atoms with Gasteiger partial charge < -0.3 is 10.0 Å². The molecule has 2 heterocycles. The fraction of sp³-hybridized carbons (Fsp3) is 0.750. The number of aromatic nitrogens is 2. The molecule has 0 spiro atoms. The van der Waals surface area contributed by atoms with Crippen LogP contribution in [0.1, 0.15) is 42.1 Å². The summed E-state index contributed by atoms with van der Waals surface area (Å²) in [7, 11) is 0. The standard InChI is InChI=1S/C12H19N3O2S/c1-3-4-9-11(18-14-13-9)12(17)15-6-5-8(2)10(16)7-15/h8,10,16H,3-7H2,1-2H3. The molecule has 0 aromatic carbocycles. The summed E-state index contributed by atoms with van der Waals surface area (Å²) < 4.78 is 3.87. The second-order valence-corrected chi connectivity index (χ2v) is 5.64. The van der Waals surface area contributed by atoms with Gasteiger partial charge in [0.1, 0.15) is 4.88 Å². The highest BCUT2D eigenvalue weighted by Gasteiger charge is 2.29. The topological polar surface area (TPSA) is 66.3 Å². The Balaban J connectivity index is 2.09. The Labute approximate surface area is 111 Å². The third-order valence-electron chi connectivity index (χ3n) is 3.44. The average molecular weight is 269 g/mol. The molecule has 5 nitrogen and oxygen atoms in total. The van der Waals surface area contributed by atoms with Gasteiger partial charge in [-0.2, -0.15) is 0 Å². The van der Waals surface area contributed by atoms with E-state index < -0.39 is 6.10 Å². The van der Waals surface area contributed by atoms with E-state index in [4.69, 9.17) is 0 Å². The summed E-state index contributed by atoms with van der Waals surface area (Å²) >= 11 is 1.16. The largest absolute Gasteiger partial charge is 0.391 e. The summed E-state index contributed by atoms with van der Waals surface area (Å²) in [5.74, 6) is 0.239. The Morgan fingerprint density at radius 3 is 3.06 bits per heavy atom. The molecule has 0 saturated carbocycles. The molecule has 1 aliphatic heterocycles. The number of amides is 1. The van der Waals surface area contributed by atoms with Gasteiger partial charge in [-0.15, -0.1) is 5.10 Å². The number of carbonyl (C=O) groups excluding carboxylic acids is 1. The number of likely N-dealkylation sites (tertiary alicyclic amines) is 1. The number of β-amino-alcohol motifs (C(OH)–C–C–N with tert-alkyl or cyclic N) is 1. The first-order valence-electron chi connectivity index (χ1n) is 6.42. The second-order valence-electron chi connectivity index (χ2n) is 4.88. The van der Waals surface area contributed by atoms with Gasteiger partial charge in [-0.25, -0.2) is 0 Å². The van der Waals surface area contributed by atoms with Crippen molar-refractivity contribution in [1.29, 1.82) is 0 Å². The molecule has 0 radical (unpaired) electrons. The lowest BCUT2D eigenvalue weighted by Gasteiger charge is -2.34. The van der Waals surface area contributed by atoms with Gasteiger partial charge in [0.05, 0.1) is 11.8 Å². The molecule has 1 N–H and O–H groups in total. The lowest BCUT2D eigenvalue weighted by atomic mass is 9.96. The molecule has 1 aromatic rings. The predicted octanol–water partition coefficient (Wildman–Crippen LogP) is 1.33. The van der Waals surface area contributed by atoms with E-state index in [0.29, 0.717) is 18.0 Å². The van der Waals surface area contributed by atoms with E-state index in [2.05, 4.69) is 16.5 Å². The Kier molecular flexibility index (Phi) is 4.29. The Morgan fingerprint density at radius 2 is 2.39 bits per heavy atom. The average Bonchev–Trinajstić information content (AvgIpc) is 2.80. The van der Waals surface area contributed by atoms with Crippen molar-refractivity contribution < 1.29 is 9.90 Å². The van der Waals surface area contributed by atoms with Crippen LogP contribution in [0.25, 0.3) is 0 Å². The van der Waals surface area contributed by atoms with E-state index in [9.17, 15) is 9.90 Å². The highest BCUT2D eigenvalue weighted by Crippen LogP contribution is 2.21. The molecule has 1 fully saturated rings. The van der Waals surface area contributed by atoms with Crippen LogP contribution in [0.3, 0.4) is 0 Å². The fourth-order valence-electron chi connectivity index (χ4n) is 2.15. The van der Waals surface area contributed by atoms with Gasteiger partial charge in [0.25, 0.3) is 5.91 Å². The highest BCUT2D eigenvalue weighted by atomic mass is 32.1. The van der Waals surface area contributed by atoms with Crippen molar-refractivity contribution in [2.24, 2.45) is 5.92 Å². The zero-order valence-corrected chi connectivity index (χ0v) is 11.6. The number of rotatable bonds is 3. The molecule has 0 bridgehead atoms. The quantitative estimate of drug-likeness (QED) is 0.899. The second kappa shape index (κ2) is 5.75. The molecular formula is C12H19N3O2S. The molecule has 6 heteroatoms. The van der Waals surface area contributed by atoms with Crippen molar-refractivity contribution in [3.05, 3.63) is 10.6 Å². The van der Waals surface area contributed by atoms with Crippen LogP contribution in [0.4, 0.5) is 0 Å². The minimum Gasteiger partial charge on any atom is -0.391 e. The van der Waals surface area contributed by atoms with E-state index in [0.717, 1.165) is 36.5 Å². The smallest absolute Gasteiger partial charge is 0.267 e. The van der Waals surface area contributed by atoms with Crippen molar-refractivity contribution >= 4 is 17.4 Å². The van der Waals surface area contributed by atoms with Gasteiger partial charge in [0.15, 0.2) is 0 Å². The molecule has 1 saturated heterocycles. The number of aliphatic hydroxyl groups excluding tert-OH is 1. The molecule has 2 unspecified atom stereocenters. The van der Waals surface area contributed by atoms with Crippen LogP contribution in [-0.4, -0.2) is 44.7 Å². The van der Waals surface area contributed by atoms with Crippen LogP contribution in [-0.2, 0) is 6.42 Å². The van der Waals surface area contributed by atoms with Crippen molar-refractivity contribution in [1.82, 2.24) is 14.5 Å². The number of nitrogens with zero attached hydrogens (tertiary/aromatic N) is 3. The number of aryl methyl sites for hydroxylation is 1. The van der Waals surface area contributed by atoms with Crippen molar-refractivity contribution in [2.45, 2.75) is 39.2 Å². The van der Waals surface area contributed by atoms with Gasteiger partial charge in [-0.3, -0.25) is 4.79 Å². The van der Waals surface area contributed by atoms with Crippen molar-refractivity contribution in [3.63, 3.8) is 0 Å². The maximum Gasteiger partial charge on any atom is 0.267 e. The lowest BCUT2D eigenvalue weighted by molar-refractivity contribution is 0.0251. The third kappa shape index (κ3) is 2.70. The first-order chi connectivity index (χ1) is 8.63. The van der Waals surface area contributed by atoms with Crippen LogP contribution in [0, 0.1) is 5.92 Å². The molecule has 100 valence electrons. The zero-order chi connectivity index (χ0) is 13.1. The van der Waals surface area contributed by atoms with Crippen molar-refractivity contribution in [3.8, 4) is 0 Å². The SMILES string of the molecule is CCCc1nnsc1C(=O)N1CCC(C)C(O)C1. The van der Waals surface area contributed by atoms with Crippen LogP contribution < -0.4 is 0 Å². The van der Waals surface area contributed by atoms with Crippen LogP contribution in [0.15, 0.2) is 0 Å². The molecule has 2 rings (SSSR count). The monoisotopic (exact) mass is 269 g/mol. The van der Waals surface area contributed by atoms with Gasteiger partial charge >= 0.3 is 0 Å². The van der Waals surface area contributed by atoms with Crippen LogP contribution in [0.2, 0.25) is 0 Å². The summed E-state index contributed by atoms with van der Waals surface area (Å²) in [6.45, 7) is 5.20. The minimum absolute atomic E-state index is 0.0283. The molecule has 18 heavy (non-hydrogen) atoms. The molecular weight excluding hydrogens is 250 g/mol. The van der Waals surface area contributed by atoms with Crippen LogP contribution in [0.5, 0.6) is 0 Å². The maximum atomic E-state index is 12.4. The van der Waals surface area contributed by atoms with Crippen LogP contribution >= 0.6 is 11.5 Å². The first kappa shape index (κ1) is 13.4. The molecule has 1 aliphatic rings. The molecule has 0 aliphatic carbocycles. The summed E-state index contributed by atoms with van der Waals surface area (Å²) in [6, 6.07) is 0. The summed E-state index contributed by atoms with van der Waals surface area (Å²) in [4.78, 5) is 14.7. The number of piperidine rings is 1. The zero-order valence-electron chi connectivity index (χ0n) is 10.8. The number of aliphatic hydroxyl groups is 1. The summed E-state index contributed by atoms with van der Waals surface area (Å²) in [5.41, 5.74) is 0.792. The molecule has 2 atom stereocenters. The van der Waals surface area contributed by atoms with E-state index in [1.165, 1.54) is 0 Å². The normalized spacial score (nSPS) is 24.3. The highest BCUT2D eigenvalue weighted by molar-refractivity contribution is 7.08. The van der Waals surface area contributed by atoms with Gasteiger partial charge in [-0.1, -0.05) is 24.8 Å². The Morgan fingerprint density at radius 1 is 1.61 bits per heavy atom. The molecule has 1 aromatic heterocycles. The first-order valence-corrected chi connectivity index (χ1v) is 7.19. The number of hydrogen-bond donors (Lipinski definition) is 1. The van der Waals surface area contributed by atoms with Gasteiger partial charge in [0.2, 0.25) is 0 Å². The van der Waals surface area contributed by atoms with E-state index in [1.807, 2.05) is 6.92 Å². The number of carbonyl (C=O) groups is 1. The van der Waals surface area contributed by atoms with Gasteiger partial charge in [0, 0.05) is 13.1 Å². The van der Waals surface area contributed by atoms with E-state index in [1.54, 1.807) is 4.90 Å². The minimum atomic E-state index is -0.418. The maximum absolute atomic E-state index is 12.4. The van der Waals surface area contributed by atoms with E-state index >= 15 is 0 Å². The Bertz CT molecular complexity index is 421. The summed E-state index contributed by atoms with van der Waals surface area (Å²) in [5, 5.41) is 13.9. The summed E-state index contributed by atoms with van der Waals surface area (Å²) in [6.07, 6.45) is 2.16. The molecule has 1 amide bonds. The van der Waals surface area contributed by atoms with Crippen molar-refractivity contribution in [2.75, 3.05) is 13.1 Å². The predicted molar refractivity (Wildman–Crippen MR) is 69.6 cm³/mol. The third-order valence-corrected chi connectivity index (χ3v) is 4.20. The van der Waals surface area contributed by atoms with Gasteiger partial charge in [-0.05, 0) is 30.3 Å². The number of hydrogen-bond acceptors (Lipinski definition) is 5. The Hall–Kier alpha value is -1.01. The lowest BCUT2D eigenvalue weighted by Crippen LogP contribution is -2.45. The van der Waals surface area contributed by atoms with E-state index in [-0.39, 0.29) is 11.8 Å². The fourth-order valence-corrected chi connectivity index (χ4v) is 2.82.